The Labute approximate surface area is 95.7 Å². The van der Waals surface area contributed by atoms with Gasteiger partial charge in [0, 0.05) is 12.5 Å². The van der Waals surface area contributed by atoms with E-state index in [4.69, 9.17) is 0 Å². The van der Waals surface area contributed by atoms with Gasteiger partial charge in [-0.25, -0.2) is 4.39 Å². The third-order valence-corrected chi connectivity index (χ3v) is 2.54. The summed E-state index contributed by atoms with van der Waals surface area (Å²) < 4.78 is 12.8. The molecule has 0 saturated heterocycles. The van der Waals surface area contributed by atoms with Crippen LogP contribution in [0.1, 0.15) is 32.0 Å². The SMILES string of the molecule is CCCNC(c1ccc(F)cn1)C(C)CO. The van der Waals surface area contributed by atoms with Gasteiger partial charge in [-0.2, -0.15) is 0 Å². The number of pyridine rings is 1. The molecule has 16 heavy (non-hydrogen) atoms. The van der Waals surface area contributed by atoms with Gasteiger partial charge in [0.15, 0.2) is 0 Å². The number of aromatic nitrogens is 1. The molecule has 1 rings (SSSR count). The summed E-state index contributed by atoms with van der Waals surface area (Å²) in [5.41, 5.74) is 0.774. The van der Waals surface area contributed by atoms with E-state index in [0.717, 1.165) is 18.7 Å². The largest absolute Gasteiger partial charge is 0.396 e. The molecule has 0 aliphatic heterocycles. The minimum absolute atomic E-state index is 0.0226. The molecule has 0 bridgehead atoms. The highest BCUT2D eigenvalue weighted by Gasteiger charge is 2.18. The number of nitrogens with one attached hydrogen (secondary N) is 1. The zero-order valence-corrected chi connectivity index (χ0v) is 9.78. The van der Waals surface area contributed by atoms with Gasteiger partial charge < -0.3 is 10.4 Å². The standard InChI is InChI=1S/C12H19FN2O/c1-3-6-14-12(9(2)8-16)11-5-4-10(13)7-15-11/h4-5,7,9,12,14,16H,3,6,8H2,1-2H3. The maximum absolute atomic E-state index is 12.8. The third kappa shape index (κ3) is 3.54. The molecule has 3 nitrogen and oxygen atoms in total. The van der Waals surface area contributed by atoms with E-state index in [1.165, 1.54) is 12.3 Å². The van der Waals surface area contributed by atoms with Gasteiger partial charge in [0.25, 0.3) is 0 Å². The summed E-state index contributed by atoms with van der Waals surface area (Å²) in [6.07, 6.45) is 2.22. The number of hydrogen-bond donors (Lipinski definition) is 2. The average Bonchev–Trinajstić information content (AvgIpc) is 2.31. The van der Waals surface area contributed by atoms with Gasteiger partial charge in [-0.15, -0.1) is 0 Å². The van der Waals surface area contributed by atoms with Crippen molar-refractivity contribution in [1.29, 1.82) is 0 Å². The topological polar surface area (TPSA) is 45.2 Å². The number of hydrogen-bond acceptors (Lipinski definition) is 3. The first kappa shape index (κ1) is 13.1. The van der Waals surface area contributed by atoms with Crippen LogP contribution in [-0.4, -0.2) is 23.2 Å². The summed E-state index contributed by atoms with van der Waals surface area (Å²) in [6, 6.07) is 3.03. The van der Waals surface area contributed by atoms with Gasteiger partial charge in [0.1, 0.15) is 5.82 Å². The highest BCUT2D eigenvalue weighted by Crippen LogP contribution is 2.19. The van der Waals surface area contributed by atoms with E-state index in [-0.39, 0.29) is 24.4 Å². The Hall–Kier alpha value is -1.00. The van der Waals surface area contributed by atoms with E-state index in [2.05, 4.69) is 17.2 Å². The Morgan fingerprint density at radius 3 is 2.75 bits per heavy atom. The van der Waals surface area contributed by atoms with Crippen molar-refractivity contribution in [2.24, 2.45) is 5.92 Å². The zero-order valence-electron chi connectivity index (χ0n) is 9.78. The fourth-order valence-electron chi connectivity index (χ4n) is 1.57. The molecular formula is C12H19FN2O. The summed E-state index contributed by atoms with van der Waals surface area (Å²) in [6.45, 7) is 4.96. The predicted octanol–water partition coefficient (Wildman–Crippen LogP) is 1.89. The summed E-state index contributed by atoms with van der Waals surface area (Å²) in [5.74, 6) is -0.279. The van der Waals surface area contributed by atoms with Crippen LogP contribution in [0.5, 0.6) is 0 Å². The molecule has 0 fully saturated rings. The van der Waals surface area contributed by atoms with E-state index < -0.39 is 0 Å². The lowest BCUT2D eigenvalue weighted by Gasteiger charge is -2.23. The number of halogens is 1. The molecule has 2 N–H and O–H groups in total. The molecule has 0 amide bonds. The summed E-state index contributed by atoms with van der Waals surface area (Å²) in [5, 5.41) is 12.5. The average molecular weight is 226 g/mol. The van der Waals surface area contributed by atoms with Crippen LogP contribution in [0.2, 0.25) is 0 Å². The molecule has 0 aliphatic rings. The maximum Gasteiger partial charge on any atom is 0.141 e. The molecular weight excluding hydrogens is 207 g/mol. The van der Waals surface area contributed by atoms with Crippen molar-refractivity contribution >= 4 is 0 Å². The van der Waals surface area contributed by atoms with Crippen molar-refractivity contribution in [2.75, 3.05) is 13.2 Å². The Morgan fingerprint density at radius 1 is 1.50 bits per heavy atom. The van der Waals surface area contributed by atoms with Gasteiger partial charge in [0.05, 0.1) is 17.9 Å². The number of nitrogens with zero attached hydrogens (tertiary/aromatic N) is 1. The van der Waals surface area contributed by atoms with Gasteiger partial charge >= 0.3 is 0 Å². The van der Waals surface area contributed by atoms with Crippen LogP contribution in [-0.2, 0) is 0 Å². The molecule has 0 saturated carbocycles. The molecule has 0 radical (unpaired) electrons. The maximum atomic E-state index is 12.8. The Balaban J connectivity index is 2.78. The normalized spacial score (nSPS) is 14.8. The first-order chi connectivity index (χ1) is 7.69. The van der Waals surface area contributed by atoms with Gasteiger partial charge in [-0.05, 0) is 25.1 Å². The molecule has 1 aromatic heterocycles. The summed E-state index contributed by atoms with van der Waals surface area (Å²) in [7, 11) is 0. The van der Waals surface area contributed by atoms with Crippen molar-refractivity contribution in [1.82, 2.24) is 10.3 Å². The fourth-order valence-corrected chi connectivity index (χ4v) is 1.57. The van der Waals surface area contributed by atoms with Gasteiger partial charge in [-0.3, -0.25) is 4.98 Å². The van der Waals surface area contributed by atoms with Crippen LogP contribution in [0.15, 0.2) is 18.3 Å². The second-order valence-electron chi connectivity index (χ2n) is 3.99. The smallest absolute Gasteiger partial charge is 0.141 e. The first-order valence-electron chi connectivity index (χ1n) is 5.64. The highest BCUT2D eigenvalue weighted by atomic mass is 19.1. The van der Waals surface area contributed by atoms with Crippen molar-refractivity contribution in [3.8, 4) is 0 Å². The lowest BCUT2D eigenvalue weighted by atomic mass is 9.99. The number of aliphatic hydroxyl groups excluding tert-OH is 1. The molecule has 90 valence electrons. The van der Waals surface area contributed by atoms with Crippen LogP contribution in [0.4, 0.5) is 4.39 Å². The van der Waals surface area contributed by atoms with Crippen molar-refractivity contribution in [3.63, 3.8) is 0 Å². The molecule has 4 heteroatoms. The summed E-state index contributed by atoms with van der Waals surface area (Å²) >= 11 is 0. The predicted molar refractivity (Wildman–Crippen MR) is 61.5 cm³/mol. The van der Waals surface area contributed by atoms with E-state index in [1.54, 1.807) is 6.07 Å². The molecule has 1 aromatic rings. The van der Waals surface area contributed by atoms with E-state index in [0.29, 0.717) is 0 Å². The van der Waals surface area contributed by atoms with Gasteiger partial charge in [0.2, 0.25) is 0 Å². The lowest BCUT2D eigenvalue weighted by Crippen LogP contribution is -2.30. The molecule has 2 unspecified atom stereocenters. The van der Waals surface area contributed by atoms with Crippen molar-refractivity contribution in [2.45, 2.75) is 26.3 Å². The zero-order chi connectivity index (χ0) is 12.0. The van der Waals surface area contributed by atoms with Crippen LogP contribution < -0.4 is 5.32 Å². The van der Waals surface area contributed by atoms with Gasteiger partial charge in [-0.1, -0.05) is 13.8 Å². The Bertz CT molecular complexity index is 302. The fraction of sp³-hybridized carbons (Fsp3) is 0.583. The van der Waals surface area contributed by atoms with Crippen molar-refractivity contribution < 1.29 is 9.50 Å². The number of rotatable bonds is 6. The molecule has 2 atom stereocenters. The minimum atomic E-state index is -0.338. The third-order valence-electron chi connectivity index (χ3n) is 2.54. The molecule has 0 spiro atoms. The second kappa shape index (κ2) is 6.55. The minimum Gasteiger partial charge on any atom is -0.396 e. The van der Waals surface area contributed by atoms with Crippen LogP contribution >= 0.6 is 0 Å². The Morgan fingerprint density at radius 2 is 2.25 bits per heavy atom. The second-order valence-corrected chi connectivity index (χ2v) is 3.99. The quantitative estimate of drug-likeness (QED) is 0.778. The Kier molecular flexibility index (Phi) is 5.35. The first-order valence-corrected chi connectivity index (χ1v) is 5.64. The van der Waals surface area contributed by atoms with E-state index in [9.17, 15) is 9.50 Å². The summed E-state index contributed by atoms with van der Waals surface area (Å²) in [4.78, 5) is 4.05. The van der Waals surface area contributed by atoms with Crippen LogP contribution in [0.25, 0.3) is 0 Å². The van der Waals surface area contributed by atoms with Crippen LogP contribution in [0, 0.1) is 11.7 Å². The van der Waals surface area contributed by atoms with Crippen LogP contribution in [0.3, 0.4) is 0 Å². The molecule has 1 heterocycles. The molecule has 0 aromatic carbocycles. The van der Waals surface area contributed by atoms with E-state index in [1.807, 2.05) is 6.92 Å². The lowest BCUT2D eigenvalue weighted by molar-refractivity contribution is 0.200. The van der Waals surface area contributed by atoms with Crippen molar-refractivity contribution in [3.05, 3.63) is 29.8 Å². The van der Waals surface area contributed by atoms with E-state index >= 15 is 0 Å². The monoisotopic (exact) mass is 226 g/mol. The number of aliphatic hydroxyl groups is 1. The molecule has 0 aliphatic carbocycles. The highest BCUT2D eigenvalue weighted by molar-refractivity contribution is 5.10.